The Bertz CT molecular complexity index is 1760. The van der Waals surface area contributed by atoms with E-state index in [2.05, 4.69) is 19.9 Å². The third-order valence-corrected chi connectivity index (χ3v) is 6.68. The molecule has 1 aromatic carbocycles. The van der Waals surface area contributed by atoms with Crippen LogP contribution in [-0.2, 0) is 12.6 Å². The maximum atomic E-state index is 13.5. The number of ether oxygens (including phenoxy) is 1. The van der Waals surface area contributed by atoms with Gasteiger partial charge < -0.3 is 24.1 Å². The highest BCUT2D eigenvalue weighted by atomic mass is 19.4. The van der Waals surface area contributed by atoms with E-state index in [4.69, 9.17) is 9.15 Å². The fraction of sp³-hybridized carbons (Fsp3) is 0.267. The number of hydrogen-bond acceptors (Lipinski definition) is 7. The number of aryl methyl sites for hydroxylation is 1. The molecule has 0 aliphatic heterocycles. The highest BCUT2D eigenvalue weighted by Crippen LogP contribution is 2.41. The number of carbonyl (C=O) groups is 1. The van der Waals surface area contributed by atoms with Gasteiger partial charge in [-0.2, -0.15) is 13.2 Å². The van der Waals surface area contributed by atoms with Crippen molar-refractivity contribution in [1.82, 2.24) is 24.8 Å². The highest BCUT2D eigenvalue weighted by molar-refractivity contribution is 5.93. The molecule has 0 amide bonds. The number of carboxylic acid groups (broad SMARTS) is 1. The minimum Gasteiger partial charge on any atom is -0.478 e. The molecule has 0 saturated heterocycles. The van der Waals surface area contributed by atoms with Gasteiger partial charge in [0, 0.05) is 46.5 Å². The number of oxazole rings is 1. The normalized spacial score (nSPS) is 12.7. The van der Waals surface area contributed by atoms with Gasteiger partial charge in [0.25, 0.3) is 0 Å². The Balaban J connectivity index is 1.74. The summed E-state index contributed by atoms with van der Waals surface area (Å²) in [7, 11) is 3.75. The van der Waals surface area contributed by atoms with Crippen molar-refractivity contribution in [2.24, 2.45) is 0 Å². The molecule has 1 unspecified atom stereocenters. The van der Waals surface area contributed by atoms with Gasteiger partial charge in [-0.3, -0.25) is 4.98 Å². The van der Waals surface area contributed by atoms with Gasteiger partial charge in [0.05, 0.1) is 17.0 Å². The molecule has 5 rings (SSSR count). The van der Waals surface area contributed by atoms with E-state index in [9.17, 15) is 23.1 Å². The first kappa shape index (κ1) is 28.8. The van der Waals surface area contributed by atoms with E-state index in [1.54, 1.807) is 6.07 Å². The lowest BCUT2D eigenvalue weighted by atomic mass is 9.98. The van der Waals surface area contributed by atoms with Crippen molar-refractivity contribution >= 4 is 16.9 Å². The quantitative estimate of drug-likeness (QED) is 0.202. The maximum Gasteiger partial charge on any atom is 0.436 e. The van der Waals surface area contributed by atoms with Gasteiger partial charge in [0.2, 0.25) is 11.8 Å². The SMILES string of the molecule is CCc1c(-c2cc(-c3nc(C(F)(F)F)co3)c(-c3cc(C(=O)O)cnc3OC(C)CN(C)C)cn2)[nH]c2ccccc12. The molecule has 0 radical (unpaired) electrons. The smallest absolute Gasteiger partial charge is 0.436 e. The summed E-state index contributed by atoms with van der Waals surface area (Å²) in [5.74, 6) is -1.46. The number of aromatic carboxylic acids is 1. The summed E-state index contributed by atoms with van der Waals surface area (Å²) in [6, 6.07) is 10.7. The molecular weight excluding hydrogens is 551 g/mol. The standard InChI is InChI=1S/C30H28F3N5O4/c1-5-18-19-8-6-7-9-23(19)36-26(18)24-11-21(28-37-25(15-41-28)30(31,32)33)22(13-34-24)20-10-17(29(39)40)12-35-27(20)42-16(2)14-38(3)4/h6-13,15-16,36H,5,14H2,1-4H3,(H,39,40). The second-order valence-corrected chi connectivity index (χ2v) is 10.1. The molecule has 4 aromatic heterocycles. The number of aromatic nitrogens is 4. The van der Waals surface area contributed by atoms with Gasteiger partial charge in [-0.05, 0) is 51.2 Å². The Labute approximate surface area is 239 Å². The molecule has 0 saturated carbocycles. The number of alkyl halides is 3. The van der Waals surface area contributed by atoms with E-state index in [0.29, 0.717) is 30.6 Å². The summed E-state index contributed by atoms with van der Waals surface area (Å²) in [5.41, 5.74) is 2.29. The van der Waals surface area contributed by atoms with Gasteiger partial charge in [0.15, 0.2) is 5.69 Å². The van der Waals surface area contributed by atoms with Gasteiger partial charge in [-0.15, -0.1) is 0 Å². The molecule has 1 atom stereocenters. The topological polar surface area (TPSA) is 117 Å². The molecule has 0 aliphatic carbocycles. The second-order valence-electron chi connectivity index (χ2n) is 10.1. The third kappa shape index (κ3) is 5.70. The fourth-order valence-electron chi connectivity index (χ4n) is 4.90. The predicted octanol–water partition coefficient (Wildman–Crippen LogP) is 6.56. The Kier molecular flexibility index (Phi) is 7.74. The molecule has 218 valence electrons. The number of benzene rings is 1. The maximum absolute atomic E-state index is 13.5. The second kappa shape index (κ2) is 11.3. The Morgan fingerprint density at radius 2 is 1.88 bits per heavy atom. The number of halogens is 3. The zero-order valence-corrected chi connectivity index (χ0v) is 23.3. The van der Waals surface area contributed by atoms with Gasteiger partial charge >= 0.3 is 12.1 Å². The lowest BCUT2D eigenvalue weighted by Gasteiger charge is -2.20. The zero-order valence-electron chi connectivity index (χ0n) is 23.3. The van der Waals surface area contributed by atoms with Crippen molar-refractivity contribution in [3.05, 3.63) is 71.9 Å². The van der Waals surface area contributed by atoms with Gasteiger partial charge in [0.1, 0.15) is 12.4 Å². The van der Waals surface area contributed by atoms with E-state index >= 15 is 0 Å². The van der Waals surface area contributed by atoms with Crippen molar-refractivity contribution in [1.29, 1.82) is 0 Å². The Hall–Kier alpha value is -4.71. The molecule has 42 heavy (non-hydrogen) atoms. The van der Waals surface area contributed by atoms with Crippen LogP contribution >= 0.6 is 0 Å². The van der Waals surface area contributed by atoms with E-state index in [1.807, 2.05) is 57.1 Å². The first-order valence-corrected chi connectivity index (χ1v) is 13.1. The van der Waals surface area contributed by atoms with Crippen molar-refractivity contribution in [3.8, 4) is 39.8 Å². The number of fused-ring (bicyclic) bond motifs is 1. The van der Waals surface area contributed by atoms with Crippen LogP contribution in [0.25, 0.3) is 44.9 Å². The number of para-hydroxylation sites is 1. The number of hydrogen-bond donors (Lipinski definition) is 2. The van der Waals surface area contributed by atoms with Crippen LogP contribution in [0.3, 0.4) is 0 Å². The van der Waals surface area contributed by atoms with Crippen LogP contribution in [0, 0.1) is 0 Å². The number of rotatable bonds is 9. The van der Waals surface area contributed by atoms with E-state index in [1.165, 1.54) is 12.3 Å². The monoisotopic (exact) mass is 579 g/mol. The van der Waals surface area contributed by atoms with Crippen LogP contribution < -0.4 is 4.74 Å². The molecule has 12 heteroatoms. The molecule has 9 nitrogen and oxygen atoms in total. The number of aromatic amines is 1. The largest absolute Gasteiger partial charge is 0.478 e. The first-order valence-electron chi connectivity index (χ1n) is 13.1. The number of pyridine rings is 2. The summed E-state index contributed by atoms with van der Waals surface area (Å²) in [6.07, 6.45) is -1.26. The van der Waals surface area contributed by atoms with Crippen LogP contribution in [0.5, 0.6) is 5.88 Å². The molecule has 0 aliphatic rings. The summed E-state index contributed by atoms with van der Waals surface area (Å²) in [4.78, 5) is 29.8. The molecule has 2 N–H and O–H groups in total. The lowest BCUT2D eigenvalue weighted by molar-refractivity contribution is -0.141. The molecule has 5 aromatic rings. The predicted molar refractivity (Wildman–Crippen MR) is 150 cm³/mol. The minimum absolute atomic E-state index is 0.0904. The van der Waals surface area contributed by atoms with Gasteiger partial charge in [-0.1, -0.05) is 25.1 Å². The van der Waals surface area contributed by atoms with Crippen LogP contribution in [0.2, 0.25) is 0 Å². The Morgan fingerprint density at radius 3 is 2.55 bits per heavy atom. The number of likely N-dealkylation sites (N-methyl/N-ethyl adjacent to an activating group) is 1. The van der Waals surface area contributed by atoms with Crippen LogP contribution in [0.1, 0.15) is 35.5 Å². The number of H-pyrrole nitrogens is 1. The average molecular weight is 580 g/mol. The first-order chi connectivity index (χ1) is 20.0. The van der Waals surface area contributed by atoms with Crippen molar-refractivity contribution in [2.45, 2.75) is 32.5 Å². The van der Waals surface area contributed by atoms with E-state index in [0.717, 1.165) is 22.7 Å². The van der Waals surface area contributed by atoms with Crippen LogP contribution in [-0.4, -0.2) is 62.7 Å². The molecular formula is C30H28F3N5O4. The molecule has 4 heterocycles. The number of nitrogens with one attached hydrogen (secondary N) is 1. The van der Waals surface area contributed by atoms with Crippen LogP contribution in [0.15, 0.2) is 59.5 Å². The molecule has 0 spiro atoms. The highest BCUT2D eigenvalue weighted by Gasteiger charge is 2.35. The summed E-state index contributed by atoms with van der Waals surface area (Å²) >= 11 is 0. The van der Waals surface area contributed by atoms with Crippen molar-refractivity contribution < 1.29 is 32.2 Å². The average Bonchev–Trinajstić information content (AvgIpc) is 3.58. The lowest BCUT2D eigenvalue weighted by Crippen LogP contribution is -2.28. The summed E-state index contributed by atoms with van der Waals surface area (Å²) in [6.45, 7) is 4.35. The zero-order chi connectivity index (χ0) is 30.2. The summed E-state index contributed by atoms with van der Waals surface area (Å²) in [5, 5.41) is 10.7. The van der Waals surface area contributed by atoms with Crippen molar-refractivity contribution in [2.75, 3.05) is 20.6 Å². The molecule has 0 bridgehead atoms. The number of nitrogens with zero attached hydrogens (tertiary/aromatic N) is 4. The third-order valence-electron chi connectivity index (χ3n) is 6.68. The Morgan fingerprint density at radius 1 is 1.12 bits per heavy atom. The molecule has 0 fully saturated rings. The van der Waals surface area contributed by atoms with Crippen molar-refractivity contribution in [3.63, 3.8) is 0 Å². The van der Waals surface area contributed by atoms with E-state index < -0.39 is 17.8 Å². The van der Waals surface area contributed by atoms with Crippen LogP contribution in [0.4, 0.5) is 13.2 Å². The minimum atomic E-state index is -4.73. The number of carboxylic acids is 1. The van der Waals surface area contributed by atoms with E-state index in [-0.39, 0.29) is 40.1 Å². The summed E-state index contributed by atoms with van der Waals surface area (Å²) < 4.78 is 52.0. The van der Waals surface area contributed by atoms with Gasteiger partial charge in [-0.25, -0.2) is 14.8 Å². The fourth-order valence-corrected chi connectivity index (χ4v) is 4.90.